The van der Waals surface area contributed by atoms with Gasteiger partial charge in [-0.15, -0.1) is 0 Å². The van der Waals surface area contributed by atoms with Gasteiger partial charge in [-0.05, 0) is 38.7 Å². The lowest BCUT2D eigenvalue weighted by Crippen LogP contribution is -2.52. The molecule has 0 aromatic heterocycles. The van der Waals surface area contributed by atoms with E-state index in [0.29, 0.717) is 19.1 Å². The van der Waals surface area contributed by atoms with E-state index in [2.05, 4.69) is 22.8 Å². The molecule has 130 valence electrons. The van der Waals surface area contributed by atoms with E-state index in [4.69, 9.17) is 0 Å². The molecular formula is C19H27N3O2. The lowest BCUT2D eigenvalue weighted by atomic mass is 9.84. The van der Waals surface area contributed by atoms with Gasteiger partial charge in [-0.25, -0.2) is 4.79 Å². The zero-order chi connectivity index (χ0) is 17.1. The van der Waals surface area contributed by atoms with Crippen LogP contribution in [0, 0.1) is 5.92 Å². The van der Waals surface area contributed by atoms with Crippen LogP contribution in [0.5, 0.6) is 0 Å². The van der Waals surface area contributed by atoms with Crippen LogP contribution in [0.15, 0.2) is 30.3 Å². The highest BCUT2D eigenvalue weighted by Gasteiger charge is 2.36. The molecule has 0 bridgehead atoms. The normalized spacial score (nSPS) is 23.9. The van der Waals surface area contributed by atoms with Crippen LogP contribution in [0.1, 0.15) is 44.6 Å². The number of urea groups is 1. The molecule has 2 unspecified atom stereocenters. The van der Waals surface area contributed by atoms with Gasteiger partial charge in [0.2, 0.25) is 5.91 Å². The van der Waals surface area contributed by atoms with Crippen molar-refractivity contribution in [2.75, 3.05) is 13.1 Å². The Labute approximate surface area is 143 Å². The van der Waals surface area contributed by atoms with Crippen molar-refractivity contribution in [1.82, 2.24) is 15.5 Å². The second-order valence-corrected chi connectivity index (χ2v) is 7.33. The first kappa shape index (κ1) is 16.8. The van der Waals surface area contributed by atoms with Crippen molar-refractivity contribution in [3.63, 3.8) is 0 Å². The Hall–Kier alpha value is -2.04. The van der Waals surface area contributed by atoms with E-state index in [9.17, 15) is 9.59 Å². The number of hydrogen-bond donors (Lipinski definition) is 2. The molecule has 1 saturated carbocycles. The van der Waals surface area contributed by atoms with E-state index >= 15 is 0 Å². The van der Waals surface area contributed by atoms with Crippen LogP contribution in [0.25, 0.3) is 0 Å². The summed E-state index contributed by atoms with van der Waals surface area (Å²) in [5, 5.41) is 6.05. The fourth-order valence-corrected chi connectivity index (χ4v) is 3.31. The molecule has 5 heteroatoms. The fraction of sp³-hybridized carbons (Fsp3) is 0.579. The highest BCUT2D eigenvalue weighted by molar-refractivity contribution is 5.81. The molecule has 3 rings (SSSR count). The smallest absolute Gasteiger partial charge is 0.317 e. The highest BCUT2D eigenvalue weighted by Crippen LogP contribution is 2.31. The number of carbonyl (C=O) groups is 2. The van der Waals surface area contributed by atoms with Crippen molar-refractivity contribution in [3.8, 4) is 0 Å². The van der Waals surface area contributed by atoms with Gasteiger partial charge in [0.15, 0.2) is 0 Å². The number of likely N-dealkylation sites (tertiary alicyclic amines) is 1. The number of hydrogen-bond acceptors (Lipinski definition) is 2. The molecule has 1 aromatic rings. The summed E-state index contributed by atoms with van der Waals surface area (Å²) in [6, 6.07) is 10.6. The molecule has 1 aromatic carbocycles. The minimum absolute atomic E-state index is 0.0742. The monoisotopic (exact) mass is 329 g/mol. The Kier molecular flexibility index (Phi) is 5.07. The molecule has 2 fully saturated rings. The van der Waals surface area contributed by atoms with Gasteiger partial charge >= 0.3 is 6.03 Å². The highest BCUT2D eigenvalue weighted by atomic mass is 16.2. The summed E-state index contributed by atoms with van der Waals surface area (Å²) in [7, 11) is 0. The number of nitrogens with zero attached hydrogens (tertiary/aromatic N) is 1. The van der Waals surface area contributed by atoms with Crippen molar-refractivity contribution in [3.05, 3.63) is 35.9 Å². The van der Waals surface area contributed by atoms with Crippen LogP contribution in [0.4, 0.5) is 4.79 Å². The molecule has 1 saturated heterocycles. The number of carbonyl (C=O) groups excluding carboxylic acids is 2. The number of benzene rings is 1. The summed E-state index contributed by atoms with van der Waals surface area (Å²) in [5.74, 6) is 0.163. The van der Waals surface area contributed by atoms with Gasteiger partial charge < -0.3 is 15.5 Å². The number of piperidine rings is 1. The topological polar surface area (TPSA) is 61.4 Å². The predicted octanol–water partition coefficient (Wildman–Crippen LogP) is 2.49. The van der Waals surface area contributed by atoms with Gasteiger partial charge in [0, 0.05) is 31.1 Å². The van der Waals surface area contributed by atoms with Crippen molar-refractivity contribution in [2.45, 2.75) is 51.1 Å². The SMILES string of the molecule is CC(C)NC(=O)N1CC(C(=O)NC2CC2)CC(c2ccccc2)C1. The third-order valence-electron chi connectivity index (χ3n) is 4.72. The molecule has 2 aliphatic rings. The van der Waals surface area contributed by atoms with E-state index in [1.165, 1.54) is 5.56 Å². The molecule has 24 heavy (non-hydrogen) atoms. The van der Waals surface area contributed by atoms with Crippen LogP contribution < -0.4 is 10.6 Å². The molecule has 0 radical (unpaired) electrons. The van der Waals surface area contributed by atoms with Gasteiger partial charge in [0.1, 0.15) is 0 Å². The molecule has 2 N–H and O–H groups in total. The Morgan fingerprint density at radius 3 is 2.46 bits per heavy atom. The van der Waals surface area contributed by atoms with E-state index < -0.39 is 0 Å². The minimum atomic E-state index is -0.137. The van der Waals surface area contributed by atoms with Gasteiger partial charge in [0.25, 0.3) is 0 Å². The molecule has 5 nitrogen and oxygen atoms in total. The van der Waals surface area contributed by atoms with Crippen LogP contribution >= 0.6 is 0 Å². The number of amides is 3. The minimum Gasteiger partial charge on any atom is -0.353 e. The van der Waals surface area contributed by atoms with E-state index in [1.54, 1.807) is 4.90 Å². The maximum absolute atomic E-state index is 12.5. The Bertz CT molecular complexity index is 560. The van der Waals surface area contributed by atoms with Crippen LogP contribution in [-0.4, -0.2) is 42.0 Å². The molecular weight excluding hydrogens is 302 g/mol. The quantitative estimate of drug-likeness (QED) is 0.891. The maximum atomic E-state index is 12.5. The van der Waals surface area contributed by atoms with Crippen molar-refractivity contribution >= 4 is 11.9 Å². The standard InChI is InChI=1S/C19H27N3O2/c1-13(2)20-19(24)22-11-15(14-6-4-3-5-7-14)10-16(12-22)18(23)21-17-8-9-17/h3-7,13,15-17H,8-12H2,1-2H3,(H,20,24)(H,21,23). The second kappa shape index (κ2) is 7.24. The number of rotatable bonds is 4. The molecule has 3 amide bonds. The summed E-state index contributed by atoms with van der Waals surface area (Å²) in [4.78, 5) is 26.8. The van der Waals surface area contributed by atoms with Crippen LogP contribution in [0.2, 0.25) is 0 Å². The second-order valence-electron chi connectivity index (χ2n) is 7.33. The molecule has 1 aliphatic carbocycles. The Morgan fingerprint density at radius 2 is 1.83 bits per heavy atom. The van der Waals surface area contributed by atoms with Gasteiger partial charge in [-0.2, -0.15) is 0 Å². The fourth-order valence-electron chi connectivity index (χ4n) is 3.31. The lowest BCUT2D eigenvalue weighted by Gasteiger charge is -2.37. The average molecular weight is 329 g/mol. The molecule has 2 atom stereocenters. The zero-order valence-corrected chi connectivity index (χ0v) is 14.5. The summed E-state index contributed by atoms with van der Waals surface area (Å²) in [6.45, 7) is 5.07. The zero-order valence-electron chi connectivity index (χ0n) is 14.5. The summed E-state index contributed by atoms with van der Waals surface area (Å²) in [6.07, 6.45) is 2.96. The van der Waals surface area contributed by atoms with Crippen molar-refractivity contribution in [1.29, 1.82) is 0 Å². The van der Waals surface area contributed by atoms with Crippen LogP contribution in [0.3, 0.4) is 0 Å². The van der Waals surface area contributed by atoms with Gasteiger partial charge in [0.05, 0.1) is 5.92 Å². The van der Waals surface area contributed by atoms with Crippen molar-refractivity contribution < 1.29 is 9.59 Å². The third-order valence-corrected chi connectivity index (χ3v) is 4.72. The Morgan fingerprint density at radius 1 is 1.12 bits per heavy atom. The predicted molar refractivity (Wildman–Crippen MR) is 93.7 cm³/mol. The number of nitrogens with one attached hydrogen (secondary N) is 2. The largest absolute Gasteiger partial charge is 0.353 e. The summed E-state index contributed by atoms with van der Waals surface area (Å²) < 4.78 is 0. The first-order valence-corrected chi connectivity index (χ1v) is 8.93. The molecule has 0 spiro atoms. The van der Waals surface area contributed by atoms with Gasteiger partial charge in [-0.3, -0.25) is 4.79 Å². The summed E-state index contributed by atoms with van der Waals surface area (Å²) >= 11 is 0. The van der Waals surface area contributed by atoms with E-state index in [-0.39, 0.29) is 29.8 Å². The summed E-state index contributed by atoms with van der Waals surface area (Å²) in [5.41, 5.74) is 1.20. The molecule has 1 aliphatic heterocycles. The first-order valence-electron chi connectivity index (χ1n) is 8.93. The van der Waals surface area contributed by atoms with Crippen LogP contribution in [-0.2, 0) is 4.79 Å². The van der Waals surface area contributed by atoms with Gasteiger partial charge in [-0.1, -0.05) is 30.3 Å². The maximum Gasteiger partial charge on any atom is 0.317 e. The van der Waals surface area contributed by atoms with E-state index in [1.807, 2.05) is 32.0 Å². The van der Waals surface area contributed by atoms with E-state index in [0.717, 1.165) is 19.3 Å². The first-order chi connectivity index (χ1) is 11.5. The van der Waals surface area contributed by atoms with Crippen molar-refractivity contribution in [2.24, 2.45) is 5.92 Å². The Balaban J connectivity index is 1.74. The average Bonchev–Trinajstić information content (AvgIpc) is 3.38. The third kappa shape index (κ3) is 4.28. The lowest BCUT2D eigenvalue weighted by molar-refractivity contribution is -0.126. The molecule has 1 heterocycles.